The van der Waals surface area contributed by atoms with E-state index in [9.17, 15) is 0 Å². The molecule has 5 rings (SSSR count). The molecule has 0 bridgehead atoms. The molecule has 0 amide bonds. The smallest absolute Gasteiger partial charge is 0.0663 e. The molecule has 5 aromatic carbocycles. The van der Waals surface area contributed by atoms with E-state index >= 15 is 0 Å². The van der Waals surface area contributed by atoms with Crippen molar-refractivity contribution in [1.29, 1.82) is 0 Å². The normalized spacial score (nSPS) is 11.1. The average molecular weight is 510 g/mol. The summed E-state index contributed by atoms with van der Waals surface area (Å²) in [4.78, 5) is 0. The molecule has 188 valence electrons. The summed E-state index contributed by atoms with van der Waals surface area (Å²) in [6.07, 6.45) is 0. The molecular formula is C36H36BP. The topological polar surface area (TPSA) is 0 Å². The quantitative estimate of drug-likeness (QED) is 0.200. The molecule has 0 aliphatic heterocycles. The van der Waals surface area contributed by atoms with Gasteiger partial charge in [0, 0.05) is 0 Å². The second kappa shape index (κ2) is 11.1. The SMILES string of the molecule is Cc1cc(C)c(B(c2ccccc2P(c2ccccc2)c2ccccc2)c2c(C)cc(C)cc2C)c(C)c1. The van der Waals surface area contributed by atoms with Crippen LogP contribution in [0.15, 0.2) is 109 Å². The zero-order chi connectivity index (χ0) is 26.8. The van der Waals surface area contributed by atoms with E-state index in [1.165, 1.54) is 65.7 Å². The standard InChI is InChI=1S/C36H36BP/c1-25-21-27(3)35(28(4)22-25)37(36-29(5)23-26(2)24-30(36)6)33-19-13-14-20-34(33)38(31-15-9-7-10-16-31)32-17-11-8-12-18-32/h7-24H,1-6H3. The Kier molecular flexibility index (Phi) is 7.69. The Labute approximate surface area is 230 Å². The summed E-state index contributed by atoms with van der Waals surface area (Å²) in [7, 11) is -0.731. The molecule has 0 aliphatic rings. The fourth-order valence-corrected chi connectivity index (χ4v) is 8.76. The van der Waals surface area contributed by atoms with Gasteiger partial charge in [0.15, 0.2) is 0 Å². The van der Waals surface area contributed by atoms with E-state index in [1.54, 1.807) is 0 Å². The van der Waals surface area contributed by atoms with Crippen molar-refractivity contribution < 1.29 is 0 Å². The third-order valence-electron chi connectivity index (χ3n) is 7.57. The molecule has 0 aliphatic carbocycles. The van der Waals surface area contributed by atoms with Gasteiger partial charge in [0.25, 0.3) is 0 Å². The molecule has 38 heavy (non-hydrogen) atoms. The number of hydrogen-bond donors (Lipinski definition) is 0. The Morgan fingerprint density at radius 1 is 0.447 bits per heavy atom. The minimum Gasteiger partial charge on any atom is -0.0663 e. The highest BCUT2D eigenvalue weighted by atomic mass is 31.1. The van der Waals surface area contributed by atoms with Gasteiger partial charge >= 0.3 is 0 Å². The average Bonchev–Trinajstić information content (AvgIpc) is 2.88. The van der Waals surface area contributed by atoms with Crippen LogP contribution in [0.2, 0.25) is 0 Å². The Balaban J connectivity index is 1.85. The van der Waals surface area contributed by atoms with Crippen LogP contribution in [-0.4, -0.2) is 6.71 Å². The summed E-state index contributed by atoms with van der Waals surface area (Å²) < 4.78 is 0. The van der Waals surface area contributed by atoms with Gasteiger partial charge in [-0.3, -0.25) is 0 Å². The van der Waals surface area contributed by atoms with Gasteiger partial charge in [0.05, 0.1) is 0 Å². The van der Waals surface area contributed by atoms with E-state index in [4.69, 9.17) is 0 Å². The van der Waals surface area contributed by atoms with E-state index < -0.39 is 7.92 Å². The highest BCUT2D eigenvalue weighted by Crippen LogP contribution is 2.32. The molecular weight excluding hydrogens is 474 g/mol. The second-order valence-corrected chi connectivity index (χ2v) is 12.8. The van der Waals surface area contributed by atoms with Crippen LogP contribution in [0.5, 0.6) is 0 Å². The molecule has 0 fully saturated rings. The van der Waals surface area contributed by atoms with E-state index in [0.717, 1.165) is 0 Å². The van der Waals surface area contributed by atoms with Crippen LogP contribution in [0, 0.1) is 41.5 Å². The van der Waals surface area contributed by atoms with E-state index in [0.29, 0.717) is 0 Å². The van der Waals surface area contributed by atoms with Gasteiger partial charge in [-0.05, 0) is 65.4 Å². The van der Waals surface area contributed by atoms with Crippen LogP contribution < -0.4 is 32.3 Å². The first-order chi connectivity index (χ1) is 18.3. The summed E-state index contributed by atoms with van der Waals surface area (Å²) in [5.41, 5.74) is 12.4. The van der Waals surface area contributed by atoms with Crippen molar-refractivity contribution in [2.45, 2.75) is 41.5 Å². The lowest BCUT2D eigenvalue weighted by molar-refractivity contribution is 1.34. The first kappa shape index (κ1) is 26.2. The summed E-state index contributed by atoms with van der Waals surface area (Å²) in [6.45, 7) is 13.7. The Morgan fingerprint density at radius 3 is 1.24 bits per heavy atom. The van der Waals surface area contributed by atoms with Crippen molar-refractivity contribution >= 4 is 46.9 Å². The third kappa shape index (κ3) is 5.14. The van der Waals surface area contributed by atoms with Crippen LogP contribution in [0.1, 0.15) is 33.4 Å². The monoisotopic (exact) mass is 510 g/mol. The van der Waals surface area contributed by atoms with Gasteiger partial charge in [-0.25, -0.2) is 0 Å². The maximum absolute atomic E-state index is 2.39. The molecule has 5 aromatic rings. The highest BCUT2D eigenvalue weighted by Gasteiger charge is 2.32. The van der Waals surface area contributed by atoms with Gasteiger partial charge in [-0.15, -0.1) is 0 Å². The lowest BCUT2D eigenvalue weighted by Crippen LogP contribution is -2.59. The minimum atomic E-state index is -0.731. The molecule has 0 aromatic heterocycles. The van der Waals surface area contributed by atoms with E-state index in [2.05, 4.69) is 151 Å². The van der Waals surface area contributed by atoms with Gasteiger partial charge in [0.1, 0.15) is 0 Å². The highest BCUT2D eigenvalue weighted by molar-refractivity contribution is 7.80. The lowest BCUT2D eigenvalue weighted by Gasteiger charge is -2.29. The first-order valence-electron chi connectivity index (χ1n) is 13.5. The summed E-state index contributed by atoms with van der Waals surface area (Å²) in [6, 6.07) is 40.8. The molecule has 2 heteroatoms. The van der Waals surface area contributed by atoms with Crippen molar-refractivity contribution in [3.63, 3.8) is 0 Å². The van der Waals surface area contributed by atoms with Gasteiger partial charge < -0.3 is 0 Å². The third-order valence-corrected chi connectivity index (χ3v) is 10.1. The Bertz CT molecular complexity index is 1430. The minimum absolute atomic E-state index is 0.157. The molecule has 0 atom stereocenters. The number of rotatable bonds is 6. The predicted octanol–water partition coefficient (Wildman–Crippen LogP) is 5.81. The predicted molar refractivity (Wildman–Crippen MR) is 171 cm³/mol. The van der Waals surface area contributed by atoms with Crippen molar-refractivity contribution in [3.8, 4) is 0 Å². The molecule has 0 saturated carbocycles. The molecule has 0 saturated heterocycles. The largest absolute Gasteiger partial charge is 0.243 e. The summed E-state index contributed by atoms with van der Waals surface area (Å²) >= 11 is 0. The zero-order valence-corrected chi connectivity index (χ0v) is 24.3. The Hall–Kier alpha value is -3.41. The molecule has 0 spiro atoms. The van der Waals surface area contributed by atoms with E-state index in [1.807, 2.05) is 0 Å². The zero-order valence-electron chi connectivity index (χ0n) is 23.4. The molecule has 0 nitrogen and oxygen atoms in total. The molecule has 0 unspecified atom stereocenters. The number of hydrogen-bond acceptors (Lipinski definition) is 0. The summed E-state index contributed by atoms with van der Waals surface area (Å²) in [5.74, 6) is 0. The van der Waals surface area contributed by atoms with Crippen molar-refractivity contribution in [2.24, 2.45) is 0 Å². The lowest BCUT2D eigenvalue weighted by atomic mass is 9.34. The summed E-state index contributed by atoms with van der Waals surface area (Å²) in [5, 5.41) is 4.20. The second-order valence-electron chi connectivity index (χ2n) is 10.6. The van der Waals surface area contributed by atoms with Gasteiger partial charge in [0.2, 0.25) is 6.71 Å². The van der Waals surface area contributed by atoms with Gasteiger partial charge in [-0.1, -0.05) is 159 Å². The van der Waals surface area contributed by atoms with Crippen LogP contribution in [0.3, 0.4) is 0 Å². The van der Waals surface area contributed by atoms with Crippen molar-refractivity contribution in [1.82, 2.24) is 0 Å². The maximum atomic E-state index is 2.39. The van der Waals surface area contributed by atoms with Crippen molar-refractivity contribution in [3.05, 3.63) is 143 Å². The van der Waals surface area contributed by atoms with Crippen LogP contribution in [0.4, 0.5) is 0 Å². The van der Waals surface area contributed by atoms with E-state index in [-0.39, 0.29) is 6.71 Å². The van der Waals surface area contributed by atoms with Gasteiger partial charge in [-0.2, -0.15) is 0 Å². The maximum Gasteiger partial charge on any atom is 0.243 e. The molecule has 0 heterocycles. The fourth-order valence-electron chi connectivity index (χ4n) is 6.27. The van der Waals surface area contributed by atoms with Crippen LogP contribution in [-0.2, 0) is 0 Å². The van der Waals surface area contributed by atoms with Crippen LogP contribution >= 0.6 is 7.92 Å². The molecule has 0 radical (unpaired) electrons. The fraction of sp³-hybridized carbons (Fsp3) is 0.167. The number of benzene rings is 5. The number of aryl methyl sites for hydroxylation is 6. The Morgan fingerprint density at radius 2 is 0.816 bits per heavy atom. The van der Waals surface area contributed by atoms with Crippen LogP contribution in [0.25, 0.3) is 0 Å². The first-order valence-corrected chi connectivity index (χ1v) is 14.8. The molecule has 0 N–H and O–H groups in total. The van der Waals surface area contributed by atoms with Crippen molar-refractivity contribution in [2.75, 3.05) is 0 Å².